The van der Waals surface area contributed by atoms with Crippen LogP contribution in [0.15, 0.2) is 53.7 Å². The van der Waals surface area contributed by atoms with Gasteiger partial charge < -0.3 is 14.8 Å². The summed E-state index contributed by atoms with van der Waals surface area (Å²) in [5.41, 5.74) is 1.03. The van der Waals surface area contributed by atoms with Crippen LogP contribution in [-0.2, 0) is 14.9 Å². The molecule has 5 nitrogen and oxygen atoms in total. The smallest absolute Gasteiger partial charge is 0.258 e. The van der Waals surface area contributed by atoms with Crippen LogP contribution >= 0.6 is 0 Å². The van der Waals surface area contributed by atoms with E-state index < -0.39 is 0 Å². The molecule has 1 amide bonds. The van der Waals surface area contributed by atoms with Crippen molar-refractivity contribution in [1.29, 1.82) is 0 Å². The summed E-state index contributed by atoms with van der Waals surface area (Å²) in [5, 5.41) is 2.87. The first kappa shape index (κ1) is 21.5. The lowest BCUT2D eigenvalue weighted by atomic mass is 9.86. The van der Waals surface area contributed by atoms with E-state index >= 15 is 0 Å². The van der Waals surface area contributed by atoms with Gasteiger partial charge in [-0.2, -0.15) is 0 Å². The fourth-order valence-corrected chi connectivity index (χ4v) is 2.30. The van der Waals surface area contributed by atoms with Crippen molar-refractivity contribution in [3.8, 4) is 5.75 Å². The number of allylic oxidation sites excluding steroid dienone is 3. The van der Waals surface area contributed by atoms with Crippen molar-refractivity contribution in [2.24, 2.45) is 4.99 Å². The predicted octanol–water partition coefficient (Wildman–Crippen LogP) is 3.65. The highest BCUT2D eigenvalue weighted by Gasteiger charge is 2.19. The van der Waals surface area contributed by atoms with Crippen LogP contribution in [0.4, 0.5) is 0 Å². The molecule has 0 aromatic heterocycles. The van der Waals surface area contributed by atoms with Crippen molar-refractivity contribution < 1.29 is 14.3 Å². The van der Waals surface area contributed by atoms with Gasteiger partial charge in [0.1, 0.15) is 11.5 Å². The number of hydrogen-bond acceptors (Lipinski definition) is 4. The van der Waals surface area contributed by atoms with Gasteiger partial charge in [0.15, 0.2) is 6.61 Å². The van der Waals surface area contributed by atoms with Crippen LogP contribution in [0.1, 0.15) is 33.3 Å². The normalized spacial score (nSPS) is 13.3. The zero-order valence-electron chi connectivity index (χ0n) is 16.4. The van der Waals surface area contributed by atoms with Gasteiger partial charge in [0.05, 0.1) is 19.9 Å². The Kier molecular flexibility index (Phi) is 8.62. The van der Waals surface area contributed by atoms with Gasteiger partial charge >= 0.3 is 0 Å². The van der Waals surface area contributed by atoms with Crippen molar-refractivity contribution in [1.82, 2.24) is 5.32 Å². The minimum atomic E-state index is -0.176. The molecule has 1 aromatic carbocycles. The van der Waals surface area contributed by atoms with E-state index in [1.54, 1.807) is 25.5 Å². The molecule has 1 aromatic rings. The molecule has 0 bridgehead atoms. The molecular weight excluding hydrogens is 328 g/mol. The van der Waals surface area contributed by atoms with Crippen molar-refractivity contribution in [2.75, 3.05) is 20.3 Å². The molecule has 0 heterocycles. The Morgan fingerprint density at radius 2 is 2.04 bits per heavy atom. The summed E-state index contributed by atoms with van der Waals surface area (Å²) in [6, 6.07) is 7.68. The first-order valence-electron chi connectivity index (χ1n) is 8.66. The van der Waals surface area contributed by atoms with Crippen LogP contribution in [0, 0.1) is 0 Å². The summed E-state index contributed by atoms with van der Waals surface area (Å²) in [6.07, 6.45) is 4.95. The molecule has 1 N–H and O–H groups in total. The number of aliphatic imine (C=N–C) groups is 1. The molecule has 26 heavy (non-hydrogen) atoms. The zero-order valence-corrected chi connectivity index (χ0v) is 16.4. The fourth-order valence-electron chi connectivity index (χ4n) is 2.30. The minimum absolute atomic E-state index is 0.0269. The van der Waals surface area contributed by atoms with Gasteiger partial charge in [-0.25, -0.2) is 0 Å². The van der Waals surface area contributed by atoms with Gasteiger partial charge in [0.2, 0.25) is 0 Å². The fraction of sp³-hybridized carbons (Fsp3) is 0.429. The number of methoxy groups -OCH3 is 1. The molecule has 0 aliphatic carbocycles. The summed E-state index contributed by atoms with van der Waals surface area (Å²) in [4.78, 5) is 16.4. The van der Waals surface area contributed by atoms with Crippen LogP contribution in [0.25, 0.3) is 0 Å². The maximum Gasteiger partial charge on any atom is 0.258 e. The van der Waals surface area contributed by atoms with Gasteiger partial charge in [-0.1, -0.05) is 51.6 Å². The molecule has 0 saturated heterocycles. The largest absolute Gasteiger partial charge is 0.495 e. The van der Waals surface area contributed by atoms with Crippen LogP contribution in [0.3, 0.4) is 0 Å². The quantitative estimate of drug-likeness (QED) is 0.416. The second-order valence-electron chi connectivity index (χ2n) is 7.01. The third kappa shape index (κ3) is 7.55. The first-order valence-corrected chi connectivity index (χ1v) is 8.66. The average molecular weight is 358 g/mol. The highest BCUT2D eigenvalue weighted by atomic mass is 16.5. The van der Waals surface area contributed by atoms with Gasteiger partial charge in [-0.05, 0) is 30.0 Å². The molecule has 1 atom stereocenters. The molecule has 142 valence electrons. The van der Waals surface area contributed by atoms with Crippen molar-refractivity contribution in [2.45, 2.75) is 39.2 Å². The molecule has 0 aliphatic heterocycles. The summed E-state index contributed by atoms with van der Waals surface area (Å²) >= 11 is 0. The third-order valence-corrected chi connectivity index (χ3v) is 3.58. The molecule has 0 aliphatic rings. The molecule has 1 rings (SSSR count). The molecule has 0 fully saturated rings. The lowest BCUT2D eigenvalue weighted by molar-refractivity contribution is -0.123. The van der Waals surface area contributed by atoms with E-state index in [1.807, 2.05) is 31.2 Å². The lowest BCUT2D eigenvalue weighted by Gasteiger charge is -2.22. The summed E-state index contributed by atoms with van der Waals surface area (Å²) in [6.45, 7) is 12.3. The van der Waals surface area contributed by atoms with Gasteiger partial charge in [-0.3, -0.25) is 9.79 Å². The third-order valence-electron chi connectivity index (χ3n) is 3.58. The van der Waals surface area contributed by atoms with E-state index in [4.69, 9.17) is 9.47 Å². The summed E-state index contributed by atoms with van der Waals surface area (Å²) < 4.78 is 10.8. The number of carbonyl (C=O) groups excluding carboxylic acids is 1. The Morgan fingerprint density at radius 1 is 1.35 bits per heavy atom. The van der Waals surface area contributed by atoms with E-state index in [1.165, 1.54) is 0 Å². The van der Waals surface area contributed by atoms with E-state index in [-0.39, 0.29) is 24.0 Å². The second-order valence-corrected chi connectivity index (χ2v) is 7.01. The van der Waals surface area contributed by atoms with Crippen LogP contribution in [-0.4, -0.2) is 38.4 Å². The SMILES string of the molecule is C=C/C=C(\C=NCC(C)NC(=O)COc1ccccc1C(C)(C)C)OC. The average Bonchev–Trinajstić information content (AvgIpc) is 2.58. The molecule has 1 unspecified atom stereocenters. The van der Waals surface area contributed by atoms with E-state index in [9.17, 15) is 4.79 Å². The number of nitrogens with one attached hydrogen (secondary N) is 1. The van der Waals surface area contributed by atoms with Crippen LogP contribution < -0.4 is 10.1 Å². The van der Waals surface area contributed by atoms with Crippen LogP contribution in [0.5, 0.6) is 5.75 Å². The molecule has 0 spiro atoms. The summed E-state index contributed by atoms with van der Waals surface area (Å²) in [7, 11) is 1.57. The van der Waals surface area contributed by atoms with E-state index in [0.717, 1.165) is 11.3 Å². The Balaban J connectivity index is 2.51. The summed E-state index contributed by atoms with van der Waals surface area (Å²) in [5.74, 6) is 1.17. The maximum absolute atomic E-state index is 12.1. The number of hydrogen-bond donors (Lipinski definition) is 1. The number of ether oxygens (including phenoxy) is 2. The molecule has 0 saturated carbocycles. The van der Waals surface area contributed by atoms with Crippen molar-refractivity contribution in [3.63, 3.8) is 0 Å². The standard InChI is InChI=1S/C21H30N2O3/c1-7-10-17(25-6)14-22-13-16(2)23-20(24)15-26-19-12-9-8-11-18(19)21(3,4)5/h7-12,14,16H,1,13,15H2,2-6H3,(H,23,24)/b17-10+,22-14?. The minimum Gasteiger partial charge on any atom is -0.495 e. The second kappa shape index (κ2) is 10.4. The Hall–Kier alpha value is -2.56. The molecule has 5 heteroatoms. The van der Waals surface area contributed by atoms with E-state index in [0.29, 0.717) is 12.3 Å². The number of amides is 1. The number of carbonyl (C=O) groups is 1. The van der Waals surface area contributed by atoms with E-state index in [2.05, 4.69) is 37.7 Å². The number of para-hydroxylation sites is 1. The lowest BCUT2D eigenvalue weighted by Crippen LogP contribution is -2.38. The number of nitrogens with zero attached hydrogens (tertiary/aromatic N) is 1. The topological polar surface area (TPSA) is 59.9 Å². The Bertz CT molecular complexity index is 657. The highest BCUT2D eigenvalue weighted by Crippen LogP contribution is 2.30. The highest BCUT2D eigenvalue weighted by molar-refractivity contribution is 5.78. The molecular formula is C21H30N2O3. The Labute approximate surface area is 156 Å². The number of rotatable bonds is 9. The molecule has 0 radical (unpaired) electrons. The van der Waals surface area contributed by atoms with Crippen molar-refractivity contribution in [3.05, 3.63) is 54.3 Å². The van der Waals surface area contributed by atoms with Crippen LogP contribution in [0.2, 0.25) is 0 Å². The van der Waals surface area contributed by atoms with Gasteiger partial charge in [0.25, 0.3) is 5.91 Å². The zero-order chi connectivity index (χ0) is 19.6. The number of benzene rings is 1. The monoisotopic (exact) mass is 358 g/mol. The first-order chi connectivity index (χ1) is 12.3. The predicted molar refractivity (Wildman–Crippen MR) is 107 cm³/mol. The van der Waals surface area contributed by atoms with Gasteiger partial charge in [-0.15, -0.1) is 0 Å². The maximum atomic E-state index is 12.1. The van der Waals surface area contributed by atoms with Gasteiger partial charge in [0, 0.05) is 6.04 Å². The Morgan fingerprint density at radius 3 is 2.65 bits per heavy atom. The van der Waals surface area contributed by atoms with Crippen molar-refractivity contribution >= 4 is 12.1 Å².